The number of anilines is 2. The van der Waals surface area contributed by atoms with E-state index in [1.54, 1.807) is 37.8 Å². The van der Waals surface area contributed by atoms with Crippen LogP contribution in [0.3, 0.4) is 0 Å². The molecule has 0 bridgehead atoms. The van der Waals surface area contributed by atoms with E-state index in [4.69, 9.17) is 4.74 Å². The molecular formula is C25H23N5O2. The third kappa shape index (κ3) is 5.46. The summed E-state index contributed by atoms with van der Waals surface area (Å²) in [5.74, 6) is 1.11. The van der Waals surface area contributed by atoms with Gasteiger partial charge in [0.2, 0.25) is 5.95 Å². The first-order valence-corrected chi connectivity index (χ1v) is 10.2. The molecular weight excluding hydrogens is 402 g/mol. The molecule has 0 saturated heterocycles. The fourth-order valence-corrected chi connectivity index (χ4v) is 3.14. The number of benzene rings is 2. The van der Waals surface area contributed by atoms with E-state index < -0.39 is 0 Å². The second-order valence-electron chi connectivity index (χ2n) is 7.06. The minimum absolute atomic E-state index is 0.139. The number of methoxy groups -OCH3 is 1. The summed E-state index contributed by atoms with van der Waals surface area (Å²) in [5.41, 5.74) is 4.14. The van der Waals surface area contributed by atoms with Crippen LogP contribution in [0.25, 0.3) is 11.1 Å². The van der Waals surface area contributed by atoms with Gasteiger partial charge < -0.3 is 15.4 Å². The summed E-state index contributed by atoms with van der Waals surface area (Å²) >= 11 is 0. The monoisotopic (exact) mass is 425 g/mol. The van der Waals surface area contributed by atoms with Gasteiger partial charge in [0.05, 0.1) is 7.11 Å². The molecule has 160 valence electrons. The van der Waals surface area contributed by atoms with Crippen LogP contribution in [0.4, 0.5) is 11.6 Å². The van der Waals surface area contributed by atoms with E-state index >= 15 is 0 Å². The minimum atomic E-state index is -0.139. The lowest BCUT2D eigenvalue weighted by atomic mass is 10.1. The summed E-state index contributed by atoms with van der Waals surface area (Å²) in [7, 11) is 1.64. The Hall–Kier alpha value is -4.26. The summed E-state index contributed by atoms with van der Waals surface area (Å²) in [6.07, 6.45) is 5.94. The van der Waals surface area contributed by atoms with E-state index in [1.165, 1.54) is 0 Å². The number of amides is 1. The molecule has 0 radical (unpaired) electrons. The van der Waals surface area contributed by atoms with Crippen LogP contribution in [0.5, 0.6) is 5.75 Å². The Morgan fingerprint density at radius 3 is 2.44 bits per heavy atom. The van der Waals surface area contributed by atoms with Crippen molar-refractivity contribution in [3.8, 4) is 16.9 Å². The average molecular weight is 425 g/mol. The quantitative estimate of drug-likeness (QED) is 0.438. The van der Waals surface area contributed by atoms with E-state index in [-0.39, 0.29) is 5.91 Å². The van der Waals surface area contributed by atoms with Crippen LogP contribution in [-0.4, -0.2) is 34.5 Å². The predicted octanol–water partition coefficient (Wildman–Crippen LogP) is 4.26. The van der Waals surface area contributed by atoms with Crippen molar-refractivity contribution in [1.82, 2.24) is 20.3 Å². The molecule has 0 aliphatic carbocycles. The largest absolute Gasteiger partial charge is 0.497 e. The summed E-state index contributed by atoms with van der Waals surface area (Å²) in [6, 6.07) is 20.7. The van der Waals surface area contributed by atoms with E-state index in [1.807, 2.05) is 54.6 Å². The normalized spacial score (nSPS) is 10.4. The van der Waals surface area contributed by atoms with Crippen LogP contribution < -0.4 is 15.4 Å². The Labute approximate surface area is 186 Å². The molecule has 1 amide bonds. The number of nitrogens with one attached hydrogen (secondary N) is 2. The van der Waals surface area contributed by atoms with Crippen molar-refractivity contribution in [2.45, 2.75) is 6.42 Å². The van der Waals surface area contributed by atoms with Gasteiger partial charge in [0, 0.05) is 54.1 Å². The predicted molar refractivity (Wildman–Crippen MR) is 124 cm³/mol. The lowest BCUT2D eigenvalue weighted by Crippen LogP contribution is -2.25. The SMILES string of the molecule is COc1ccc(-c2cnc(Nc3cccc(C(=O)NCCc4ccccn4)c3)nc2)cc1. The Balaban J connectivity index is 1.36. The van der Waals surface area contributed by atoms with Crippen molar-refractivity contribution in [1.29, 1.82) is 0 Å². The zero-order chi connectivity index (χ0) is 22.2. The minimum Gasteiger partial charge on any atom is -0.497 e. The zero-order valence-corrected chi connectivity index (χ0v) is 17.7. The highest BCUT2D eigenvalue weighted by Crippen LogP contribution is 2.22. The highest BCUT2D eigenvalue weighted by molar-refractivity contribution is 5.95. The number of ether oxygens (including phenoxy) is 1. The van der Waals surface area contributed by atoms with Gasteiger partial charge in [0.25, 0.3) is 5.91 Å². The van der Waals surface area contributed by atoms with Gasteiger partial charge in [-0.3, -0.25) is 9.78 Å². The average Bonchev–Trinajstić information content (AvgIpc) is 2.85. The van der Waals surface area contributed by atoms with E-state index in [9.17, 15) is 4.79 Å². The van der Waals surface area contributed by atoms with Gasteiger partial charge in [-0.2, -0.15) is 0 Å². The van der Waals surface area contributed by atoms with Gasteiger partial charge in [0.15, 0.2) is 0 Å². The van der Waals surface area contributed by atoms with Crippen molar-refractivity contribution in [2.24, 2.45) is 0 Å². The molecule has 0 aliphatic rings. The van der Waals surface area contributed by atoms with Crippen LogP contribution in [0.1, 0.15) is 16.1 Å². The summed E-state index contributed by atoms with van der Waals surface area (Å²) in [6.45, 7) is 0.517. The summed E-state index contributed by atoms with van der Waals surface area (Å²) < 4.78 is 5.19. The van der Waals surface area contributed by atoms with Crippen LogP contribution in [0.15, 0.2) is 85.3 Å². The molecule has 2 N–H and O–H groups in total. The number of rotatable bonds is 8. The van der Waals surface area contributed by atoms with Gasteiger partial charge in [0.1, 0.15) is 5.75 Å². The number of carbonyl (C=O) groups is 1. The molecule has 0 spiro atoms. The molecule has 0 fully saturated rings. The first-order valence-electron chi connectivity index (χ1n) is 10.2. The van der Waals surface area contributed by atoms with Crippen molar-refractivity contribution in [3.63, 3.8) is 0 Å². The number of hydrogen-bond acceptors (Lipinski definition) is 6. The smallest absolute Gasteiger partial charge is 0.251 e. The fourth-order valence-electron chi connectivity index (χ4n) is 3.14. The van der Waals surface area contributed by atoms with Gasteiger partial charge in [-0.15, -0.1) is 0 Å². The Morgan fingerprint density at radius 2 is 1.72 bits per heavy atom. The van der Waals surface area contributed by atoms with Gasteiger partial charge in [-0.05, 0) is 48.0 Å². The van der Waals surface area contributed by atoms with E-state index in [0.29, 0.717) is 24.5 Å². The van der Waals surface area contributed by atoms with Crippen LogP contribution in [0, 0.1) is 0 Å². The van der Waals surface area contributed by atoms with Crippen molar-refractivity contribution >= 4 is 17.5 Å². The van der Waals surface area contributed by atoms with Crippen LogP contribution in [-0.2, 0) is 6.42 Å². The number of nitrogens with zero attached hydrogens (tertiary/aromatic N) is 3. The third-order valence-corrected chi connectivity index (χ3v) is 4.85. The maximum absolute atomic E-state index is 12.5. The van der Waals surface area contributed by atoms with Crippen LogP contribution in [0.2, 0.25) is 0 Å². The maximum Gasteiger partial charge on any atom is 0.251 e. The second-order valence-corrected chi connectivity index (χ2v) is 7.06. The Kier molecular flexibility index (Phi) is 6.67. The van der Waals surface area contributed by atoms with Gasteiger partial charge in [-0.25, -0.2) is 9.97 Å². The van der Waals surface area contributed by atoms with Crippen molar-refractivity contribution in [2.75, 3.05) is 19.0 Å². The first kappa shape index (κ1) is 21.0. The molecule has 7 heteroatoms. The molecule has 2 aromatic heterocycles. The Bertz CT molecular complexity index is 1160. The zero-order valence-electron chi connectivity index (χ0n) is 17.7. The molecule has 7 nitrogen and oxygen atoms in total. The lowest BCUT2D eigenvalue weighted by molar-refractivity contribution is 0.0954. The van der Waals surface area contributed by atoms with Gasteiger partial charge >= 0.3 is 0 Å². The first-order chi connectivity index (χ1) is 15.7. The molecule has 0 atom stereocenters. The molecule has 0 saturated carbocycles. The Morgan fingerprint density at radius 1 is 0.906 bits per heavy atom. The standard InChI is InChI=1S/C25H23N5O2/c1-32-23-10-8-18(9-11-23)20-16-28-25(29-17-20)30-22-7-4-5-19(15-22)24(31)27-14-12-21-6-2-3-13-26-21/h2-11,13,15-17H,12,14H2,1H3,(H,27,31)(H,28,29,30). The highest BCUT2D eigenvalue weighted by atomic mass is 16.5. The molecule has 0 unspecified atom stereocenters. The lowest BCUT2D eigenvalue weighted by Gasteiger charge is -2.09. The molecule has 32 heavy (non-hydrogen) atoms. The molecule has 4 rings (SSSR count). The number of carbonyl (C=O) groups excluding carboxylic acids is 1. The number of aromatic nitrogens is 3. The third-order valence-electron chi connectivity index (χ3n) is 4.85. The molecule has 0 aliphatic heterocycles. The number of pyridine rings is 1. The summed E-state index contributed by atoms with van der Waals surface area (Å²) in [4.78, 5) is 25.5. The van der Waals surface area contributed by atoms with Gasteiger partial charge in [-0.1, -0.05) is 24.3 Å². The number of hydrogen-bond donors (Lipinski definition) is 2. The molecule has 4 aromatic rings. The molecule has 2 aromatic carbocycles. The topological polar surface area (TPSA) is 89.0 Å². The second kappa shape index (κ2) is 10.2. The van der Waals surface area contributed by atoms with Crippen molar-refractivity contribution in [3.05, 3.63) is 96.6 Å². The molecule has 2 heterocycles. The summed E-state index contributed by atoms with van der Waals surface area (Å²) in [5, 5.41) is 6.07. The van der Waals surface area contributed by atoms with E-state index in [0.717, 1.165) is 28.3 Å². The van der Waals surface area contributed by atoms with Crippen molar-refractivity contribution < 1.29 is 9.53 Å². The van der Waals surface area contributed by atoms with E-state index in [2.05, 4.69) is 25.6 Å². The highest BCUT2D eigenvalue weighted by Gasteiger charge is 2.07. The fraction of sp³-hybridized carbons (Fsp3) is 0.120. The maximum atomic E-state index is 12.5. The van der Waals surface area contributed by atoms with Crippen LogP contribution >= 0.6 is 0 Å².